The Balaban J connectivity index is 1.81. The molecule has 18 heavy (non-hydrogen) atoms. The highest BCUT2D eigenvalue weighted by atomic mass is 16.5. The smallest absolute Gasteiger partial charge is 0.0806 e. The van der Waals surface area contributed by atoms with Crippen LogP contribution in [-0.2, 0) is 4.74 Å². The molecule has 106 valence electrons. The summed E-state index contributed by atoms with van der Waals surface area (Å²) in [6.07, 6.45) is 12.3. The van der Waals surface area contributed by atoms with E-state index in [1.165, 1.54) is 57.8 Å². The van der Waals surface area contributed by atoms with Crippen LogP contribution in [0.1, 0.15) is 64.7 Å². The molecule has 2 heteroatoms. The topological polar surface area (TPSA) is 21.3 Å². The number of hydrogen-bond donors (Lipinski definition) is 1. The Hall–Kier alpha value is -0.0800. The fourth-order valence-electron chi connectivity index (χ4n) is 3.63. The SMILES string of the molecule is CNCC1(OCC2CCCCC2)CCC(C)CC1. The van der Waals surface area contributed by atoms with E-state index in [4.69, 9.17) is 4.74 Å². The summed E-state index contributed by atoms with van der Waals surface area (Å²) < 4.78 is 6.44. The van der Waals surface area contributed by atoms with Gasteiger partial charge in [0.1, 0.15) is 0 Å². The van der Waals surface area contributed by atoms with E-state index in [0.717, 1.165) is 25.0 Å². The summed E-state index contributed by atoms with van der Waals surface area (Å²) in [5.41, 5.74) is 0.151. The van der Waals surface area contributed by atoms with Gasteiger partial charge in [0.05, 0.1) is 12.2 Å². The molecule has 0 bridgehead atoms. The van der Waals surface area contributed by atoms with Crippen molar-refractivity contribution < 1.29 is 4.74 Å². The molecule has 0 aliphatic heterocycles. The fraction of sp³-hybridized carbons (Fsp3) is 1.00. The maximum Gasteiger partial charge on any atom is 0.0806 e. The first-order valence-corrected chi connectivity index (χ1v) is 8.03. The molecule has 0 heterocycles. The first kappa shape index (κ1) is 14.3. The van der Waals surface area contributed by atoms with Gasteiger partial charge in [-0.2, -0.15) is 0 Å². The largest absolute Gasteiger partial charge is 0.373 e. The van der Waals surface area contributed by atoms with Crippen LogP contribution in [0.5, 0.6) is 0 Å². The third-order valence-corrected chi connectivity index (χ3v) is 5.03. The lowest BCUT2D eigenvalue weighted by atomic mass is 9.79. The lowest BCUT2D eigenvalue weighted by molar-refractivity contribution is -0.0899. The first-order chi connectivity index (χ1) is 8.74. The monoisotopic (exact) mass is 253 g/mol. The highest BCUT2D eigenvalue weighted by Gasteiger charge is 2.35. The summed E-state index contributed by atoms with van der Waals surface area (Å²) in [6.45, 7) is 4.42. The lowest BCUT2D eigenvalue weighted by Gasteiger charge is -2.40. The second kappa shape index (κ2) is 6.91. The summed E-state index contributed by atoms with van der Waals surface area (Å²) in [5.74, 6) is 1.74. The second-order valence-electron chi connectivity index (χ2n) is 6.71. The normalized spacial score (nSPS) is 34.7. The number of hydrogen-bond acceptors (Lipinski definition) is 2. The molecule has 0 spiro atoms. The van der Waals surface area contributed by atoms with Crippen LogP contribution >= 0.6 is 0 Å². The van der Waals surface area contributed by atoms with E-state index in [0.29, 0.717) is 0 Å². The first-order valence-electron chi connectivity index (χ1n) is 8.03. The molecule has 2 saturated carbocycles. The maximum absolute atomic E-state index is 6.44. The third kappa shape index (κ3) is 3.96. The summed E-state index contributed by atoms with van der Waals surface area (Å²) in [7, 11) is 2.06. The van der Waals surface area contributed by atoms with Crippen LogP contribution in [0.2, 0.25) is 0 Å². The van der Waals surface area contributed by atoms with Gasteiger partial charge >= 0.3 is 0 Å². The van der Waals surface area contributed by atoms with Gasteiger partial charge < -0.3 is 10.1 Å². The van der Waals surface area contributed by atoms with Gasteiger partial charge in [0.2, 0.25) is 0 Å². The molecule has 0 radical (unpaired) electrons. The molecule has 1 N–H and O–H groups in total. The molecule has 0 aromatic rings. The summed E-state index contributed by atoms with van der Waals surface area (Å²) in [4.78, 5) is 0. The van der Waals surface area contributed by atoms with Gasteiger partial charge in [0.25, 0.3) is 0 Å². The van der Waals surface area contributed by atoms with Gasteiger partial charge in [0, 0.05) is 6.54 Å². The van der Waals surface area contributed by atoms with Crippen molar-refractivity contribution in [3.8, 4) is 0 Å². The summed E-state index contributed by atoms with van der Waals surface area (Å²) in [5, 5.41) is 3.36. The van der Waals surface area contributed by atoms with Gasteiger partial charge in [-0.3, -0.25) is 0 Å². The lowest BCUT2D eigenvalue weighted by Crippen LogP contribution is -2.45. The Morgan fingerprint density at radius 1 is 1.06 bits per heavy atom. The second-order valence-corrected chi connectivity index (χ2v) is 6.71. The van der Waals surface area contributed by atoms with Crippen molar-refractivity contribution in [3.63, 3.8) is 0 Å². The van der Waals surface area contributed by atoms with E-state index in [1.54, 1.807) is 0 Å². The number of rotatable bonds is 5. The van der Waals surface area contributed by atoms with Crippen molar-refractivity contribution in [2.45, 2.75) is 70.3 Å². The van der Waals surface area contributed by atoms with Crippen LogP contribution in [0, 0.1) is 11.8 Å². The fourth-order valence-corrected chi connectivity index (χ4v) is 3.63. The van der Waals surface area contributed by atoms with E-state index in [-0.39, 0.29) is 5.60 Å². The molecule has 0 aromatic heterocycles. The minimum atomic E-state index is 0.151. The Kier molecular flexibility index (Phi) is 5.50. The molecule has 0 aromatic carbocycles. The van der Waals surface area contributed by atoms with Crippen LogP contribution in [0.3, 0.4) is 0 Å². The van der Waals surface area contributed by atoms with E-state index >= 15 is 0 Å². The van der Waals surface area contributed by atoms with Crippen LogP contribution in [-0.4, -0.2) is 25.8 Å². The Labute approximate surface area is 113 Å². The molecule has 2 rings (SSSR count). The van der Waals surface area contributed by atoms with Crippen LogP contribution in [0.4, 0.5) is 0 Å². The standard InChI is InChI=1S/C16H31NO/c1-14-8-10-16(11-9-14,13-17-2)18-12-15-6-4-3-5-7-15/h14-15,17H,3-13H2,1-2H3. The Bertz CT molecular complexity index is 227. The van der Waals surface area contributed by atoms with Crippen molar-refractivity contribution in [2.75, 3.05) is 20.2 Å². The van der Waals surface area contributed by atoms with Crippen molar-refractivity contribution in [1.82, 2.24) is 5.32 Å². The molecule has 2 aliphatic rings. The number of likely N-dealkylation sites (N-methyl/N-ethyl adjacent to an activating group) is 1. The van der Waals surface area contributed by atoms with Gasteiger partial charge in [-0.05, 0) is 57.4 Å². The zero-order valence-corrected chi connectivity index (χ0v) is 12.3. The minimum Gasteiger partial charge on any atom is -0.373 e. The van der Waals surface area contributed by atoms with E-state index in [1.807, 2.05) is 0 Å². The highest BCUT2D eigenvalue weighted by molar-refractivity contribution is 4.88. The molecule has 2 fully saturated rings. The van der Waals surface area contributed by atoms with Crippen molar-refractivity contribution in [1.29, 1.82) is 0 Å². The summed E-state index contributed by atoms with van der Waals surface area (Å²) >= 11 is 0. The Morgan fingerprint density at radius 3 is 2.33 bits per heavy atom. The molecule has 2 nitrogen and oxygen atoms in total. The molecule has 0 atom stereocenters. The van der Waals surface area contributed by atoms with Crippen molar-refractivity contribution >= 4 is 0 Å². The molecule has 2 aliphatic carbocycles. The maximum atomic E-state index is 6.44. The molecule has 0 amide bonds. The molecular formula is C16H31NO. The van der Waals surface area contributed by atoms with Gasteiger partial charge in [-0.25, -0.2) is 0 Å². The van der Waals surface area contributed by atoms with E-state index in [9.17, 15) is 0 Å². The average Bonchev–Trinajstić information content (AvgIpc) is 2.41. The van der Waals surface area contributed by atoms with Crippen LogP contribution in [0.15, 0.2) is 0 Å². The molecule has 0 unspecified atom stereocenters. The van der Waals surface area contributed by atoms with E-state index in [2.05, 4.69) is 19.3 Å². The minimum absolute atomic E-state index is 0.151. The Morgan fingerprint density at radius 2 is 1.72 bits per heavy atom. The predicted octanol–water partition coefficient (Wildman–Crippen LogP) is 3.75. The van der Waals surface area contributed by atoms with Gasteiger partial charge in [-0.15, -0.1) is 0 Å². The van der Waals surface area contributed by atoms with E-state index < -0.39 is 0 Å². The predicted molar refractivity (Wildman–Crippen MR) is 76.8 cm³/mol. The van der Waals surface area contributed by atoms with Crippen molar-refractivity contribution in [3.05, 3.63) is 0 Å². The van der Waals surface area contributed by atoms with Gasteiger partial charge in [-0.1, -0.05) is 26.2 Å². The number of ether oxygens (including phenoxy) is 1. The quantitative estimate of drug-likeness (QED) is 0.805. The zero-order valence-electron chi connectivity index (χ0n) is 12.3. The van der Waals surface area contributed by atoms with Gasteiger partial charge in [0.15, 0.2) is 0 Å². The van der Waals surface area contributed by atoms with Crippen LogP contribution in [0.25, 0.3) is 0 Å². The molecule has 0 saturated heterocycles. The number of nitrogens with one attached hydrogen (secondary N) is 1. The third-order valence-electron chi connectivity index (χ3n) is 5.03. The zero-order chi connectivity index (χ0) is 12.8. The average molecular weight is 253 g/mol. The van der Waals surface area contributed by atoms with Crippen LogP contribution < -0.4 is 5.32 Å². The molecular weight excluding hydrogens is 222 g/mol. The highest BCUT2D eigenvalue weighted by Crippen LogP contribution is 2.35. The van der Waals surface area contributed by atoms with Crippen molar-refractivity contribution in [2.24, 2.45) is 11.8 Å². The summed E-state index contributed by atoms with van der Waals surface area (Å²) in [6, 6.07) is 0.